The molecule has 1 aliphatic rings. The van der Waals surface area contributed by atoms with Gasteiger partial charge >= 0.3 is 0 Å². The van der Waals surface area contributed by atoms with Crippen LogP contribution in [0.5, 0.6) is 0 Å². The highest BCUT2D eigenvalue weighted by atomic mass is 16.2. The van der Waals surface area contributed by atoms with Crippen LogP contribution in [0.25, 0.3) is 0 Å². The number of nitrogens with zero attached hydrogens (tertiary/aromatic N) is 2. The minimum absolute atomic E-state index is 0.0707. The molecule has 0 radical (unpaired) electrons. The minimum atomic E-state index is -0.428. The lowest BCUT2D eigenvalue weighted by Gasteiger charge is -2.20. The van der Waals surface area contributed by atoms with Crippen molar-refractivity contribution < 1.29 is 4.79 Å². The molecule has 1 unspecified atom stereocenters. The molecule has 1 fully saturated rings. The summed E-state index contributed by atoms with van der Waals surface area (Å²) in [6.45, 7) is 1.72. The molecule has 1 saturated heterocycles. The molecular formula is C12H17N3O. The van der Waals surface area contributed by atoms with E-state index in [9.17, 15) is 4.79 Å². The van der Waals surface area contributed by atoms with Crippen LogP contribution in [0.4, 0.5) is 0 Å². The van der Waals surface area contributed by atoms with Gasteiger partial charge in [0.2, 0.25) is 5.91 Å². The summed E-state index contributed by atoms with van der Waals surface area (Å²) in [5.74, 6) is 0.0707. The Morgan fingerprint density at radius 2 is 2.25 bits per heavy atom. The normalized spacial score (nSPS) is 17.4. The van der Waals surface area contributed by atoms with E-state index in [2.05, 4.69) is 4.98 Å². The molecule has 16 heavy (non-hydrogen) atoms. The van der Waals surface area contributed by atoms with Crippen LogP contribution >= 0.6 is 0 Å². The summed E-state index contributed by atoms with van der Waals surface area (Å²) in [6.07, 6.45) is 6.26. The van der Waals surface area contributed by atoms with E-state index in [1.165, 1.54) is 0 Å². The van der Waals surface area contributed by atoms with Crippen LogP contribution in [0, 0.1) is 0 Å². The Kier molecular flexibility index (Phi) is 3.51. The highest BCUT2D eigenvalue weighted by molar-refractivity contribution is 5.82. The highest BCUT2D eigenvalue weighted by Gasteiger charge is 2.23. The van der Waals surface area contributed by atoms with Gasteiger partial charge in [-0.15, -0.1) is 0 Å². The van der Waals surface area contributed by atoms with Gasteiger partial charge in [0, 0.05) is 25.5 Å². The first-order valence-corrected chi connectivity index (χ1v) is 5.70. The molecule has 1 aromatic heterocycles. The fraction of sp³-hybridized carbons (Fsp3) is 0.500. The van der Waals surface area contributed by atoms with Crippen molar-refractivity contribution in [1.29, 1.82) is 0 Å². The molecule has 1 atom stereocenters. The summed E-state index contributed by atoms with van der Waals surface area (Å²) in [7, 11) is 0. The fourth-order valence-corrected chi connectivity index (χ4v) is 2.03. The molecular weight excluding hydrogens is 202 g/mol. The second-order valence-electron chi connectivity index (χ2n) is 4.20. The second-order valence-corrected chi connectivity index (χ2v) is 4.20. The van der Waals surface area contributed by atoms with E-state index in [1.807, 2.05) is 17.0 Å². The SMILES string of the molecule is NC(Cc1cccnc1)C(=O)N1CCCC1. The first-order chi connectivity index (χ1) is 7.77. The topological polar surface area (TPSA) is 59.2 Å². The van der Waals surface area contributed by atoms with E-state index >= 15 is 0 Å². The molecule has 4 nitrogen and oxygen atoms in total. The standard InChI is InChI=1S/C12H17N3O/c13-11(8-10-4-3-5-14-9-10)12(16)15-6-1-2-7-15/h3-5,9,11H,1-2,6-8,13H2. The van der Waals surface area contributed by atoms with E-state index in [-0.39, 0.29) is 5.91 Å². The van der Waals surface area contributed by atoms with Gasteiger partial charge in [0.05, 0.1) is 6.04 Å². The zero-order chi connectivity index (χ0) is 11.4. The molecule has 0 bridgehead atoms. The third-order valence-corrected chi connectivity index (χ3v) is 2.91. The first kappa shape index (κ1) is 11.1. The Labute approximate surface area is 95.5 Å². The molecule has 0 aliphatic carbocycles. The number of hydrogen-bond donors (Lipinski definition) is 1. The predicted molar refractivity (Wildman–Crippen MR) is 61.7 cm³/mol. The lowest BCUT2D eigenvalue weighted by molar-refractivity contribution is -0.131. The number of nitrogens with two attached hydrogens (primary N) is 1. The molecule has 2 heterocycles. The summed E-state index contributed by atoms with van der Waals surface area (Å²) in [6, 6.07) is 3.38. The Bertz CT molecular complexity index is 347. The van der Waals surface area contributed by atoms with Gasteiger partial charge in [0.25, 0.3) is 0 Å². The van der Waals surface area contributed by atoms with Gasteiger partial charge in [0.15, 0.2) is 0 Å². The van der Waals surface area contributed by atoms with Crippen LogP contribution < -0.4 is 5.73 Å². The zero-order valence-electron chi connectivity index (χ0n) is 9.30. The first-order valence-electron chi connectivity index (χ1n) is 5.70. The maximum absolute atomic E-state index is 11.9. The second kappa shape index (κ2) is 5.07. The number of rotatable bonds is 3. The summed E-state index contributed by atoms with van der Waals surface area (Å²) in [5, 5.41) is 0. The van der Waals surface area contributed by atoms with Crippen molar-refractivity contribution in [3.8, 4) is 0 Å². The molecule has 0 spiro atoms. The minimum Gasteiger partial charge on any atom is -0.341 e. The van der Waals surface area contributed by atoms with Crippen molar-refractivity contribution in [2.45, 2.75) is 25.3 Å². The summed E-state index contributed by atoms with van der Waals surface area (Å²) in [4.78, 5) is 17.8. The van der Waals surface area contributed by atoms with Crippen LogP contribution in [-0.4, -0.2) is 34.9 Å². The smallest absolute Gasteiger partial charge is 0.239 e. The van der Waals surface area contributed by atoms with Crippen LogP contribution in [0.3, 0.4) is 0 Å². The largest absolute Gasteiger partial charge is 0.341 e. The molecule has 2 N–H and O–H groups in total. The predicted octanol–water partition coefficient (Wildman–Crippen LogP) is 0.574. The van der Waals surface area contributed by atoms with Crippen LogP contribution in [0.1, 0.15) is 18.4 Å². The highest BCUT2D eigenvalue weighted by Crippen LogP contribution is 2.10. The zero-order valence-corrected chi connectivity index (χ0v) is 9.30. The third-order valence-electron chi connectivity index (χ3n) is 2.91. The Morgan fingerprint density at radius 3 is 2.88 bits per heavy atom. The molecule has 2 rings (SSSR count). The number of aromatic nitrogens is 1. The molecule has 0 saturated carbocycles. The lowest BCUT2D eigenvalue weighted by Crippen LogP contribution is -2.43. The maximum Gasteiger partial charge on any atom is 0.239 e. The number of carbonyl (C=O) groups is 1. The van der Waals surface area contributed by atoms with Crippen molar-refractivity contribution in [3.05, 3.63) is 30.1 Å². The van der Waals surface area contributed by atoms with E-state index in [1.54, 1.807) is 12.4 Å². The molecule has 4 heteroatoms. The van der Waals surface area contributed by atoms with Gasteiger partial charge in [-0.05, 0) is 30.9 Å². The maximum atomic E-state index is 11.9. The lowest BCUT2D eigenvalue weighted by atomic mass is 10.1. The van der Waals surface area contributed by atoms with Crippen molar-refractivity contribution >= 4 is 5.91 Å². The van der Waals surface area contributed by atoms with Crippen molar-refractivity contribution in [1.82, 2.24) is 9.88 Å². The van der Waals surface area contributed by atoms with Gasteiger partial charge in [0.1, 0.15) is 0 Å². The quantitative estimate of drug-likeness (QED) is 0.808. The molecule has 1 aromatic rings. The third kappa shape index (κ3) is 2.58. The van der Waals surface area contributed by atoms with Crippen LogP contribution in [0.2, 0.25) is 0 Å². The summed E-state index contributed by atoms with van der Waals surface area (Å²) >= 11 is 0. The molecule has 86 valence electrons. The van der Waals surface area contributed by atoms with Crippen molar-refractivity contribution in [3.63, 3.8) is 0 Å². The van der Waals surface area contributed by atoms with Gasteiger partial charge in [-0.25, -0.2) is 0 Å². The Balaban J connectivity index is 1.92. The van der Waals surface area contributed by atoms with E-state index in [0.29, 0.717) is 6.42 Å². The van der Waals surface area contributed by atoms with Crippen LogP contribution in [-0.2, 0) is 11.2 Å². The summed E-state index contributed by atoms with van der Waals surface area (Å²) < 4.78 is 0. The fourth-order valence-electron chi connectivity index (χ4n) is 2.03. The number of likely N-dealkylation sites (tertiary alicyclic amines) is 1. The van der Waals surface area contributed by atoms with Gasteiger partial charge in [-0.3, -0.25) is 9.78 Å². The van der Waals surface area contributed by atoms with Crippen molar-refractivity contribution in [2.24, 2.45) is 5.73 Å². The number of pyridine rings is 1. The molecule has 0 aromatic carbocycles. The number of amides is 1. The van der Waals surface area contributed by atoms with Gasteiger partial charge < -0.3 is 10.6 Å². The van der Waals surface area contributed by atoms with E-state index < -0.39 is 6.04 Å². The average molecular weight is 219 g/mol. The number of carbonyl (C=O) groups excluding carboxylic acids is 1. The summed E-state index contributed by atoms with van der Waals surface area (Å²) in [5.41, 5.74) is 6.93. The number of hydrogen-bond acceptors (Lipinski definition) is 3. The Morgan fingerprint density at radius 1 is 1.50 bits per heavy atom. The average Bonchev–Trinajstić information content (AvgIpc) is 2.83. The molecule has 1 amide bonds. The monoisotopic (exact) mass is 219 g/mol. The van der Waals surface area contributed by atoms with Gasteiger partial charge in [-0.2, -0.15) is 0 Å². The van der Waals surface area contributed by atoms with E-state index in [0.717, 1.165) is 31.5 Å². The Hall–Kier alpha value is -1.42. The molecule has 1 aliphatic heterocycles. The van der Waals surface area contributed by atoms with Gasteiger partial charge in [-0.1, -0.05) is 6.07 Å². The van der Waals surface area contributed by atoms with E-state index in [4.69, 9.17) is 5.73 Å². The van der Waals surface area contributed by atoms with Crippen molar-refractivity contribution in [2.75, 3.05) is 13.1 Å². The van der Waals surface area contributed by atoms with Crippen LogP contribution in [0.15, 0.2) is 24.5 Å².